The van der Waals surface area contributed by atoms with E-state index in [2.05, 4.69) is 0 Å². The first-order valence-corrected chi connectivity index (χ1v) is 4.32. The highest BCUT2D eigenvalue weighted by Crippen LogP contribution is 2.29. The first-order valence-electron chi connectivity index (χ1n) is 4.32. The van der Waals surface area contributed by atoms with Crippen molar-refractivity contribution >= 4 is 6.29 Å². The van der Waals surface area contributed by atoms with Gasteiger partial charge < -0.3 is 9.47 Å². The molecule has 1 rings (SSSR count). The van der Waals surface area contributed by atoms with E-state index in [-0.39, 0.29) is 5.92 Å². The third-order valence-corrected chi connectivity index (χ3v) is 2.08. The summed E-state index contributed by atoms with van der Waals surface area (Å²) in [6, 6.07) is 5.40. The average molecular weight is 193 g/mol. The van der Waals surface area contributed by atoms with Gasteiger partial charge in [0.25, 0.3) is 0 Å². The summed E-state index contributed by atoms with van der Waals surface area (Å²) in [6.45, 7) is 1.79. The van der Waals surface area contributed by atoms with Crippen molar-refractivity contribution in [3.05, 3.63) is 23.8 Å². The number of hydrogen-bond donors (Lipinski definition) is 0. The molecule has 75 valence electrons. The minimum atomic E-state index is -0.241. The maximum Gasteiger partial charge on any atom is 0.206 e. The lowest BCUT2D eigenvalue weighted by Crippen LogP contribution is -1.97. The Bertz CT molecular complexity index is 320. The van der Waals surface area contributed by atoms with Crippen molar-refractivity contribution in [2.24, 2.45) is 0 Å². The van der Waals surface area contributed by atoms with E-state index in [0.717, 1.165) is 5.56 Å². The van der Waals surface area contributed by atoms with E-state index in [4.69, 9.17) is 9.47 Å². The molecule has 14 heavy (non-hydrogen) atoms. The van der Waals surface area contributed by atoms with Crippen molar-refractivity contribution in [1.82, 2.24) is 0 Å². The minimum Gasteiger partial charge on any atom is -0.493 e. The molecule has 0 aliphatic heterocycles. The number of methoxy groups -OCH3 is 2. The summed E-state index contributed by atoms with van der Waals surface area (Å²) in [5.74, 6) is 1.05. The molecule has 0 bridgehead atoms. The fraction of sp³-hybridized carbons (Fsp3) is 0.364. The number of ether oxygens (including phenoxy) is 2. The van der Waals surface area contributed by atoms with Crippen LogP contribution in [0.2, 0.25) is 0 Å². The molecule has 3 nitrogen and oxygen atoms in total. The highest BCUT2D eigenvalue weighted by molar-refractivity contribution is 5.63. The van der Waals surface area contributed by atoms with Gasteiger partial charge in [0.1, 0.15) is 0 Å². The zero-order valence-electron chi connectivity index (χ0n) is 8.53. The van der Waals surface area contributed by atoms with Crippen LogP contribution in [0, 0.1) is 0 Å². The highest BCUT2D eigenvalue weighted by atomic mass is 16.5. The Balaban J connectivity index is 3.06. The molecule has 0 fully saturated rings. The topological polar surface area (TPSA) is 35.5 Å². The number of hydrogen-bond acceptors (Lipinski definition) is 3. The molecule has 0 amide bonds. The van der Waals surface area contributed by atoms with Gasteiger partial charge in [0.2, 0.25) is 6.29 Å². The van der Waals surface area contributed by atoms with Gasteiger partial charge >= 0.3 is 0 Å². The Labute approximate surface area is 83.6 Å². The van der Waals surface area contributed by atoms with E-state index in [1.807, 2.05) is 12.4 Å². The molecule has 1 aromatic rings. The van der Waals surface area contributed by atoms with E-state index in [1.165, 1.54) is 0 Å². The largest absolute Gasteiger partial charge is 0.493 e. The van der Waals surface area contributed by atoms with Crippen LogP contribution in [0.3, 0.4) is 0 Å². The average Bonchev–Trinajstić information content (AvgIpc) is 2.26. The van der Waals surface area contributed by atoms with Crippen LogP contribution >= 0.6 is 0 Å². The molecule has 1 unspecified atom stereocenters. The lowest BCUT2D eigenvalue weighted by molar-refractivity contribution is 0.354. The van der Waals surface area contributed by atoms with Crippen LogP contribution in [0.5, 0.6) is 11.5 Å². The van der Waals surface area contributed by atoms with Crippen LogP contribution in [-0.4, -0.2) is 20.5 Å². The first-order chi connectivity index (χ1) is 6.72. The van der Waals surface area contributed by atoms with Crippen molar-refractivity contribution in [2.45, 2.75) is 12.8 Å². The predicted octanol–water partition coefficient (Wildman–Crippen LogP) is 1.92. The molecule has 1 radical (unpaired) electrons. The van der Waals surface area contributed by atoms with Gasteiger partial charge in [-0.2, -0.15) is 0 Å². The molecule has 0 saturated heterocycles. The van der Waals surface area contributed by atoms with Crippen molar-refractivity contribution in [1.29, 1.82) is 0 Å². The molecule has 1 atom stereocenters. The van der Waals surface area contributed by atoms with Gasteiger partial charge in [-0.1, -0.05) is 13.0 Å². The molecular formula is C11H13O3. The Morgan fingerprint density at radius 2 is 1.86 bits per heavy atom. The summed E-state index contributed by atoms with van der Waals surface area (Å²) in [4.78, 5) is 10.5. The zero-order valence-corrected chi connectivity index (χ0v) is 8.53. The Hall–Kier alpha value is -1.51. The Morgan fingerprint density at radius 1 is 1.21 bits per heavy atom. The van der Waals surface area contributed by atoms with Gasteiger partial charge in [0, 0.05) is 5.92 Å². The standard InChI is InChI=1S/C11H13O3/c1-8(7-12)9-4-5-10(13-2)11(6-9)14-3/h4-6,8H,1-3H3. The summed E-state index contributed by atoms with van der Waals surface area (Å²) >= 11 is 0. The fourth-order valence-corrected chi connectivity index (χ4v) is 1.19. The van der Waals surface area contributed by atoms with Gasteiger partial charge in [-0.15, -0.1) is 0 Å². The van der Waals surface area contributed by atoms with Crippen LogP contribution < -0.4 is 9.47 Å². The molecule has 0 N–H and O–H groups in total. The van der Waals surface area contributed by atoms with Crippen molar-refractivity contribution in [3.8, 4) is 11.5 Å². The quantitative estimate of drug-likeness (QED) is 0.732. The molecule has 3 heteroatoms. The molecule has 0 aliphatic carbocycles. The van der Waals surface area contributed by atoms with Crippen molar-refractivity contribution in [3.63, 3.8) is 0 Å². The van der Waals surface area contributed by atoms with Crippen LogP contribution in [0.1, 0.15) is 18.4 Å². The fourth-order valence-electron chi connectivity index (χ4n) is 1.19. The van der Waals surface area contributed by atoms with E-state index in [9.17, 15) is 4.79 Å². The maximum absolute atomic E-state index is 10.5. The van der Waals surface area contributed by atoms with E-state index < -0.39 is 0 Å². The predicted molar refractivity (Wildman–Crippen MR) is 53.7 cm³/mol. The summed E-state index contributed by atoms with van der Waals surface area (Å²) < 4.78 is 10.2. The second-order valence-electron chi connectivity index (χ2n) is 2.95. The molecule has 0 aliphatic rings. The SMILES string of the molecule is COc1ccc(C(C)[C]=O)cc1OC. The Morgan fingerprint density at radius 3 is 2.36 bits per heavy atom. The van der Waals surface area contributed by atoms with Crippen LogP contribution in [0.4, 0.5) is 0 Å². The number of carbonyl (C=O) groups excluding carboxylic acids is 1. The van der Waals surface area contributed by atoms with Crippen molar-refractivity contribution in [2.75, 3.05) is 14.2 Å². The number of benzene rings is 1. The lowest BCUT2D eigenvalue weighted by Gasteiger charge is -2.10. The molecule has 0 heterocycles. The van der Waals surface area contributed by atoms with Crippen molar-refractivity contribution < 1.29 is 14.3 Å². The second-order valence-corrected chi connectivity index (χ2v) is 2.95. The number of rotatable bonds is 4. The van der Waals surface area contributed by atoms with Gasteiger partial charge in [-0.05, 0) is 17.7 Å². The summed E-state index contributed by atoms with van der Waals surface area (Å²) in [5, 5.41) is 0. The molecule has 0 spiro atoms. The second kappa shape index (κ2) is 4.65. The zero-order chi connectivity index (χ0) is 10.6. The highest BCUT2D eigenvalue weighted by Gasteiger charge is 2.09. The lowest BCUT2D eigenvalue weighted by atomic mass is 10.0. The summed E-state index contributed by atoms with van der Waals surface area (Å²) in [6.07, 6.45) is 1.92. The van der Waals surface area contributed by atoms with Crippen LogP contribution in [-0.2, 0) is 4.79 Å². The summed E-state index contributed by atoms with van der Waals surface area (Å²) in [7, 11) is 3.14. The third kappa shape index (κ3) is 2.05. The molecule has 0 aromatic heterocycles. The van der Waals surface area contributed by atoms with Crippen LogP contribution in [0.15, 0.2) is 18.2 Å². The van der Waals surface area contributed by atoms with Crippen LogP contribution in [0.25, 0.3) is 0 Å². The van der Waals surface area contributed by atoms with Gasteiger partial charge in [0.15, 0.2) is 11.5 Å². The molecular weight excluding hydrogens is 180 g/mol. The monoisotopic (exact) mass is 193 g/mol. The normalized spacial score (nSPS) is 11.9. The Kier molecular flexibility index (Phi) is 3.51. The first kappa shape index (κ1) is 10.6. The van der Waals surface area contributed by atoms with E-state index in [0.29, 0.717) is 11.5 Å². The van der Waals surface area contributed by atoms with E-state index in [1.54, 1.807) is 33.3 Å². The molecule has 0 saturated carbocycles. The van der Waals surface area contributed by atoms with Gasteiger partial charge in [-0.25, -0.2) is 0 Å². The summed E-state index contributed by atoms with van der Waals surface area (Å²) in [5.41, 5.74) is 0.873. The maximum atomic E-state index is 10.5. The minimum absolute atomic E-state index is 0.241. The molecule has 1 aromatic carbocycles. The van der Waals surface area contributed by atoms with Gasteiger partial charge in [-0.3, -0.25) is 4.79 Å². The smallest absolute Gasteiger partial charge is 0.206 e. The third-order valence-electron chi connectivity index (χ3n) is 2.08. The van der Waals surface area contributed by atoms with E-state index >= 15 is 0 Å². The van der Waals surface area contributed by atoms with Gasteiger partial charge in [0.05, 0.1) is 14.2 Å².